The number of likely N-dealkylation sites (tertiary alicyclic amines) is 1. The van der Waals surface area contributed by atoms with Crippen LogP contribution in [0, 0.1) is 13.8 Å². The van der Waals surface area contributed by atoms with E-state index < -0.39 is 0 Å². The van der Waals surface area contributed by atoms with Crippen LogP contribution < -0.4 is 5.32 Å². The van der Waals surface area contributed by atoms with Gasteiger partial charge in [-0.1, -0.05) is 0 Å². The number of nitrogens with zero attached hydrogens (tertiary/aromatic N) is 2. The Labute approximate surface area is 115 Å². The van der Waals surface area contributed by atoms with Gasteiger partial charge in [-0.25, -0.2) is 0 Å². The van der Waals surface area contributed by atoms with Crippen LogP contribution in [0.2, 0.25) is 0 Å². The van der Waals surface area contributed by atoms with Gasteiger partial charge in [0.15, 0.2) is 0 Å². The Balaban J connectivity index is 1.84. The molecule has 0 spiro atoms. The Morgan fingerprint density at radius 1 is 1.42 bits per heavy atom. The molecule has 0 saturated carbocycles. The fourth-order valence-electron chi connectivity index (χ4n) is 2.76. The first-order valence-corrected chi connectivity index (χ1v) is 7.00. The zero-order chi connectivity index (χ0) is 13.8. The van der Waals surface area contributed by atoms with Crippen LogP contribution in [0.5, 0.6) is 0 Å². The van der Waals surface area contributed by atoms with E-state index >= 15 is 0 Å². The quantitative estimate of drug-likeness (QED) is 0.900. The van der Waals surface area contributed by atoms with Crippen molar-refractivity contribution in [3.8, 4) is 0 Å². The number of rotatable bonds is 4. The highest BCUT2D eigenvalue weighted by molar-refractivity contribution is 5.94. The molecular weight excluding hydrogens is 238 g/mol. The summed E-state index contributed by atoms with van der Waals surface area (Å²) in [5.74, 6) is 0.00856. The lowest BCUT2D eigenvalue weighted by Crippen LogP contribution is -2.31. The van der Waals surface area contributed by atoms with Crippen LogP contribution in [-0.4, -0.2) is 42.0 Å². The number of nitrogens with one attached hydrogen (secondary N) is 1. The lowest BCUT2D eigenvalue weighted by Gasteiger charge is -2.19. The van der Waals surface area contributed by atoms with Gasteiger partial charge >= 0.3 is 0 Å². The molecule has 0 aromatic carbocycles. The highest BCUT2D eigenvalue weighted by atomic mass is 16.1. The van der Waals surface area contributed by atoms with Crippen LogP contribution in [0.1, 0.15) is 41.0 Å². The minimum atomic E-state index is 0.00856. The number of pyridine rings is 1. The molecule has 1 aromatic rings. The van der Waals surface area contributed by atoms with Crippen LogP contribution in [0.25, 0.3) is 0 Å². The number of amides is 1. The maximum absolute atomic E-state index is 12.1. The molecule has 4 nitrogen and oxygen atoms in total. The molecule has 19 heavy (non-hydrogen) atoms. The molecule has 2 rings (SSSR count). The van der Waals surface area contributed by atoms with E-state index in [1.54, 1.807) is 0 Å². The van der Waals surface area contributed by atoms with E-state index in [0.29, 0.717) is 11.6 Å². The summed E-state index contributed by atoms with van der Waals surface area (Å²) in [5.41, 5.74) is 2.49. The fourth-order valence-corrected chi connectivity index (χ4v) is 2.76. The topological polar surface area (TPSA) is 45.2 Å². The predicted molar refractivity (Wildman–Crippen MR) is 76.3 cm³/mol. The highest BCUT2D eigenvalue weighted by Crippen LogP contribution is 2.17. The van der Waals surface area contributed by atoms with Gasteiger partial charge in [-0.05, 0) is 58.8 Å². The summed E-state index contributed by atoms with van der Waals surface area (Å²) in [6.45, 7) is 5.75. The molecule has 0 radical (unpaired) electrons. The molecule has 1 aromatic heterocycles. The van der Waals surface area contributed by atoms with E-state index in [1.165, 1.54) is 19.4 Å². The number of aryl methyl sites for hydroxylation is 2. The molecule has 0 bridgehead atoms. The summed E-state index contributed by atoms with van der Waals surface area (Å²) < 4.78 is 0. The van der Waals surface area contributed by atoms with E-state index in [-0.39, 0.29) is 5.91 Å². The van der Waals surface area contributed by atoms with Crippen molar-refractivity contribution < 1.29 is 4.79 Å². The van der Waals surface area contributed by atoms with Crippen molar-refractivity contribution in [1.82, 2.24) is 15.2 Å². The molecule has 1 aliphatic heterocycles. The average molecular weight is 261 g/mol. The van der Waals surface area contributed by atoms with Gasteiger partial charge < -0.3 is 10.2 Å². The number of hydrogen-bond donors (Lipinski definition) is 1. The second-order valence-electron chi connectivity index (χ2n) is 5.46. The lowest BCUT2D eigenvalue weighted by atomic mass is 10.1. The van der Waals surface area contributed by atoms with Crippen LogP contribution in [0.15, 0.2) is 12.1 Å². The Hall–Kier alpha value is -1.42. The number of carbonyl (C=O) groups is 1. The van der Waals surface area contributed by atoms with Crippen LogP contribution >= 0.6 is 0 Å². The van der Waals surface area contributed by atoms with Crippen LogP contribution in [0.4, 0.5) is 0 Å². The molecule has 1 aliphatic rings. The van der Waals surface area contributed by atoms with E-state index in [9.17, 15) is 4.79 Å². The Morgan fingerprint density at radius 2 is 2.11 bits per heavy atom. The molecule has 0 aliphatic carbocycles. The maximum Gasteiger partial charge on any atom is 0.251 e. The Bertz CT molecular complexity index is 438. The summed E-state index contributed by atoms with van der Waals surface area (Å²) in [6, 6.07) is 4.30. The molecule has 0 unspecified atom stereocenters. The molecule has 1 fully saturated rings. The molecule has 1 N–H and O–H groups in total. The number of aromatic nitrogens is 1. The third-order valence-electron chi connectivity index (χ3n) is 3.78. The second-order valence-corrected chi connectivity index (χ2v) is 5.46. The summed E-state index contributed by atoms with van der Waals surface area (Å²) in [5, 5.41) is 3.01. The fraction of sp³-hybridized carbons (Fsp3) is 0.600. The van der Waals surface area contributed by atoms with Crippen molar-refractivity contribution >= 4 is 5.91 Å². The minimum Gasteiger partial charge on any atom is -0.352 e. The van der Waals surface area contributed by atoms with Gasteiger partial charge in [-0.15, -0.1) is 0 Å². The Morgan fingerprint density at radius 3 is 2.68 bits per heavy atom. The maximum atomic E-state index is 12.1. The first-order valence-electron chi connectivity index (χ1n) is 7.00. The molecule has 4 heteroatoms. The van der Waals surface area contributed by atoms with Gasteiger partial charge in [0.1, 0.15) is 0 Å². The van der Waals surface area contributed by atoms with E-state index in [4.69, 9.17) is 0 Å². The first kappa shape index (κ1) is 14.0. The SMILES string of the molecule is Cc1cc(C(=O)NCC[C@H]2CCCN2C)cc(C)n1. The largest absolute Gasteiger partial charge is 0.352 e. The van der Waals surface area contributed by atoms with Gasteiger partial charge in [0.2, 0.25) is 0 Å². The molecule has 1 amide bonds. The molecule has 1 saturated heterocycles. The normalized spacial score (nSPS) is 19.6. The summed E-state index contributed by atoms with van der Waals surface area (Å²) in [4.78, 5) is 18.7. The van der Waals surface area contributed by atoms with Crippen LogP contribution in [-0.2, 0) is 0 Å². The minimum absolute atomic E-state index is 0.00856. The van der Waals surface area contributed by atoms with E-state index in [1.807, 2.05) is 26.0 Å². The second kappa shape index (κ2) is 6.15. The van der Waals surface area contributed by atoms with Crippen molar-refractivity contribution in [3.63, 3.8) is 0 Å². The molecule has 1 atom stereocenters. The zero-order valence-electron chi connectivity index (χ0n) is 12.1. The van der Waals surface area contributed by atoms with Crippen molar-refractivity contribution in [2.45, 2.75) is 39.2 Å². The Kier molecular flexibility index (Phi) is 4.53. The van der Waals surface area contributed by atoms with Crippen molar-refractivity contribution in [2.75, 3.05) is 20.1 Å². The highest BCUT2D eigenvalue weighted by Gasteiger charge is 2.20. The van der Waals surface area contributed by atoms with E-state index in [0.717, 1.165) is 24.4 Å². The monoisotopic (exact) mass is 261 g/mol. The standard InChI is InChI=1S/C15H23N3O/c1-11-9-13(10-12(2)17-11)15(19)16-7-6-14-5-4-8-18(14)3/h9-10,14H,4-8H2,1-3H3,(H,16,19)/t14-/m1/s1. The molecular formula is C15H23N3O. The number of carbonyl (C=O) groups excluding carboxylic acids is 1. The zero-order valence-corrected chi connectivity index (χ0v) is 12.1. The van der Waals surface area contributed by atoms with Crippen molar-refractivity contribution in [1.29, 1.82) is 0 Å². The average Bonchev–Trinajstić information content (AvgIpc) is 2.74. The van der Waals surface area contributed by atoms with E-state index in [2.05, 4.69) is 22.2 Å². The van der Waals surface area contributed by atoms with Gasteiger partial charge in [0.25, 0.3) is 5.91 Å². The summed E-state index contributed by atoms with van der Waals surface area (Å²) in [6.07, 6.45) is 3.56. The van der Waals surface area contributed by atoms with Gasteiger partial charge in [0.05, 0.1) is 0 Å². The number of hydrogen-bond acceptors (Lipinski definition) is 3. The predicted octanol–water partition coefficient (Wildman–Crippen LogP) is 1.91. The summed E-state index contributed by atoms with van der Waals surface area (Å²) >= 11 is 0. The third-order valence-corrected chi connectivity index (χ3v) is 3.78. The third kappa shape index (κ3) is 3.77. The van der Waals surface area contributed by atoms with Crippen LogP contribution in [0.3, 0.4) is 0 Å². The van der Waals surface area contributed by atoms with Gasteiger partial charge in [0, 0.05) is 29.5 Å². The molecule has 104 valence electrons. The first-order chi connectivity index (χ1) is 9.06. The van der Waals surface area contributed by atoms with Crippen molar-refractivity contribution in [3.05, 3.63) is 29.1 Å². The lowest BCUT2D eigenvalue weighted by molar-refractivity contribution is 0.0950. The van der Waals surface area contributed by atoms with Gasteiger partial charge in [-0.2, -0.15) is 0 Å². The smallest absolute Gasteiger partial charge is 0.251 e. The molecule has 2 heterocycles. The van der Waals surface area contributed by atoms with Crippen molar-refractivity contribution in [2.24, 2.45) is 0 Å². The summed E-state index contributed by atoms with van der Waals surface area (Å²) in [7, 11) is 2.16. The van der Waals surface area contributed by atoms with Gasteiger partial charge in [-0.3, -0.25) is 9.78 Å².